The molecular formula is C14H17Cl3N4O3S. The molecule has 0 radical (unpaired) electrons. The number of carbonyl (C=O) groups is 1. The van der Waals surface area contributed by atoms with Crippen LogP contribution >= 0.6 is 47.0 Å². The lowest BCUT2D eigenvalue weighted by Gasteiger charge is -2.30. The number of non-ortho nitro benzene ring substituents is 1. The molecule has 0 saturated heterocycles. The average Bonchev–Trinajstić information content (AvgIpc) is 2.44. The number of hydrogen-bond donors (Lipinski definition) is 3. The Bertz CT molecular complexity index is 657. The van der Waals surface area contributed by atoms with E-state index in [0.29, 0.717) is 5.69 Å². The average molecular weight is 428 g/mol. The maximum atomic E-state index is 12.1. The third kappa shape index (κ3) is 7.19. The predicted octanol–water partition coefficient (Wildman–Crippen LogP) is 3.74. The molecule has 1 aromatic carbocycles. The maximum absolute atomic E-state index is 12.1. The molecule has 0 aliphatic carbocycles. The monoisotopic (exact) mass is 426 g/mol. The number of thiocarbonyl (C=S) groups is 1. The fraction of sp³-hybridized carbons (Fsp3) is 0.429. The molecule has 138 valence electrons. The number of carbonyl (C=O) groups excluding carboxylic acids is 1. The number of anilines is 1. The Labute approximate surface area is 165 Å². The Morgan fingerprint density at radius 2 is 1.68 bits per heavy atom. The molecule has 0 spiro atoms. The second kappa shape index (κ2) is 8.35. The van der Waals surface area contributed by atoms with E-state index in [9.17, 15) is 14.9 Å². The molecule has 25 heavy (non-hydrogen) atoms. The van der Waals surface area contributed by atoms with Crippen LogP contribution in [0, 0.1) is 15.5 Å². The van der Waals surface area contributed by atoms with E-state index < -0.39 is 20.3 Å². The first-order valence-electron chi connectivity index (χ1n) is 7.00. The van der Waals surface area contributed by atoms with Gasteiger partial charge in [0.15, 0.2) is 5.11 Å². The SMILES string of the molecule is CC(C)(C)C(=O)N[C@H](NC(=S)Nc1ccc([N+](=O)[O-])cc1)C(Cl)(Cl)Cl. The van der Waals surface area contributed by atoms with Crippen LogP contribution in [0.3, 0.4) is 0 Å². The van der Waals surface area contributed by atoms with E-state index in [2.05, 4.69) is 16.0 Å². The van der Waals surface area contributed by atoms with Gasteiger partial charge in [0, 0.05) is 23.2 Å². The van der Waals surface area contributed by atoms with Crippen LogP contribution in [0.4, 0.5) is 11.4 Å². The van der Waals surface area contributed by atoms with Crippen LogP contribution in [0.25, 0.3) is 0 Å². The molecular weight excluding hydrogens is 411 g/mol. The Hall–Kier alpha value is -1.35. The van der Waals surface area contributed by atoms with Crippen molar-refractivity contribution in [3.63, 3.8) is 0 Å². The Balaban J connectivity index is 2.78. The van der Waals surface area contributed by atoms with E-state index in [-0.39, 0.29) is 16.7 Å². The number of nitrogens with one attached hydrogen (secondary N) is 3. The van der Waals surface area contributed by atoms with Gasteiger partial charge in [-0.1, -0.05) is 55.6 Å². The van der Waals surface area contributed by atoms with E-state index in [4.69, 9.17) is 47.0 Å². The minimum Gasteiger partial charge on any atom is -0.339 e. The van der Waals surface area contributed by atoms with Crippen LogP contribution in [0.15, 0.2) is 24.3 Å². The Kier molecular flexibility index (Phi) is 7.25. The molecule has 0 fully saturated rings. The Morgan fingerprint density at radius 3 is 2.08 bits per heavy atom. The van der Waals surface area contributed by atoms with Gasteiger partial charge < -0.3 is 16.0 Å². The van der Waals surface area contributed by atoms with Crippen LogP contribution in [0.1, 0.15) is 20.8 Å². The number of nitro benzene ring substituents is 1. The van der Waals surface area contributed by atoms with Gasteiger partial charge in [0.2, 0.25) is 9.70 Å². The fourth-order valence-corrected chi connectivity index (χ4v) is 2.08. The molecule has 0 heterocycles. The van der Waals surface area contributed by atoms with E-state index in [1.165, 1.54) is 24.3 Å². The first kappa shape index (κ1) is 21.7. The minimum atomic E-state index is -1.86. The predicted molar refractivity (Wildman–Crippen MR) is 104 cm³/mol. The summed E-state index contributed by atoms with van der Waals surface area (Å²) in [6.07, 6.45) is -1.08. The Morgan fingerprint density at radius 1 is 1.16 bits per heavy atom. The zero-order chi connectivity index (χ0) is 19.4. The standard InChI is InChI=1S/C14H17Cl3N4O3S/c1-13(2,3)11(22)19-10(14(15,16)17)20-12(25)18-8-4-6-9(7-5-8)21(23)24/h4-7,10H,1-3H3,(H,19,22)(H2,18,20,25)/t10-/m1/s1. The van der Waals surface area contributed by atoms with Crippen molar-refractivity contribution in [3.05, 3.63) is 34.4 Å². The van der Waals surface area contributed by atoms with Crippen LogP contribution in [-0.4, -0.2) is 25.9 Å². The summed E-state index contributed by atoms with van der Waals surface area (Å²) in [6.45, 7) is 5.14. The second-order valence-electron chi connectivity index (χ2n) is 6.10. The molecule has 0 aliphatic heterocycles. The highest BCUT2D eigenvalue weighted by Gasteiger charge is 2.36. The highest BCUT2D eigenvalue weighted by atomic mass is 35.6. The molecule has 1 atom stereocenters. The van der Waals surface area contributed by atoms with Crippen molar-refractivity contribution in [1.82, 2.24) is 10.6 Å². The highest BCUT2D eigenvalue weighted by Crippen LogP contribution is 2.30. The normalized spacial score (nSPS) is 12.9. The minimum absolute atomic E-state index is 0.0546. The number of nitrogens with zero attached hydrogens (tertiary/aromatic N) is 1. The number of alkyl halides is 3. The zero-order valence-electron chi connectivity index (χ0n) is 13.6. The second-order valence-corrected chi connectivity index (χ2v) is 8.88. The molecule has 11 heteroatoms. The summed E-state index contributed by atoms with van der Waals surface area (Å²) in [5, 5.41) is 18.8. The fourth-order valence-electron chi connectivity index (χ4n) is 1.51. The zero-order valence-corrected chi connectivity index (χ0v) is 16.7. The van der Waals surface area contributed by atoms with Gasteiger partial charge in [0.1, 0.15) is 6.17 Å². The summed E-state index contributed by atoms with van der Waals surface area (Å²) in [6, 6.07) is 5.59. The third-order valence-electron chi connectivity index (χ3n) is 2.90. The van der Waals surface area contributed by atoms with Gasteiger partial charge in [-0.25, -0.2) is 0 Å². The molecule has 7 nitrogen and oxygen atoms in total. The van der Waals surface area contributed by atoms with Crippen LogP contribution < -0.4 is 16.0 Å². The van der Waals surface area contributed by atoms with Crippen molar-refractivity contribution in [2.75, 3.05) is 5.32 Å². The summed E-state index contributed by atoms with van der Waals surface area (Å²) in [7, 11) is 0. The number of benzene rings is 1. The van der Waals surface area contributed by atoms with Gasteiger partial charge in [0.25, 0.3) is 5.69 Å². The van der Waals surface area contributed by atoms with Gasteiger partial charge in [0.05, 0.1) is 4.92 Å². The number of halogens is 3. The van der Waals surface area contributed by atoms with Gasteiger partial charge in [-0.2, -0.15) is 0 Å². The van der Waals surface area contributed by atoms with E-state index in [1.807, 2.05) is 0 Å². The molecule has 0 unspecified atom stereocenters. The lowest BCUT2D eigenvalue weighted by Crippen LogP contribution is -2.58. The number of amides is 1. The van der Waals surface area contributed by atoms with Crippen LogP contribution in [0.5, 0.6) is 0 Å². The number of hydrogen-bond acceptors (Lipinski definition) is 4. The van der Waals surface area contributed by atoms with Crippen molar-refractivity contribution < 1.29 is 9.72 Å². The first-order chi connectivity index (χ1) is 11.3. The topological polar surface area (TPSA) is 96.3 Å². The van der Waals surface area contributed by atoms with Crippen LogP contribution in [0.2, 0.25) is 0 Å². The molecule has 3 N–H and O–H groups in total. The van der Waals surface area contributed by atoms with Crippen LogP contribution in [-0.2, 0) is 4.79 Å². The van der Waals surface area contributed by atoms with Crippen molar-refractivity contribution >= 4 is 69.4 Å². The van der Waals surface area contributed by atoms with Crippen molar-refractivity contribution in [2.24, 2.45) is 5.41 Å². The summed E-state index contributed by atoms with van der Waals surface area (Å²) in [4.78, 5) is 22.2. The van der Waals surface area contributed by atoms with E-state index in [1.54, 1.807) is 20.8 Å². The molecule has 1 amide bonds. The smallest absolute Gasteiger partial charge is 0.269 e. The summed E-state index contributed by atoms with van der Waals surface area (Å²) in [5.74, 6) is -0.338. The molecule has 1 aromatic rings. The molecule has 0 bridgehead atoms. The molecule has 0 aromatic heterocycles. The lowest BCUT2D eigenvalue weighted by molar-refractivity contribution is -0.384. The third-order valence-corrected chi connectivity index (χ3v) is 3.77. The first-order valence-corrected chi connectivity index (χ1v) is 8.54. The molecule has 0 saturated carbocycles. The number of rotatable bonds is 4. The summed E-state index contributed by atoms with van der Waals surface area (Å²) < 4.78 is -1.86. The van der Waals surface area contributed by atoms with E-state index >= 15 is 0 Å². The van der Waals surface area contributed by atoms with E-state index in [0.717, 1.165) is 0 Å². The maximum Gasteiger partial charge on any atom is 0.269 e. The van der Waals surface area contributed by atoms with Gasteiger partial charge in [-0.05, 0) is 24.4 Å². The van der Waals surface area contributed by atoms with Crippen molar-refractivity contribution in [3.8, 4) is 0 Å². The molecule has 1 rings (SSSR count). The van der Waals surface area contributed by atoms with Crippen molar-refractivity contribution in [2.45, 2.75) is 30.7 Å². The molecule has 0 aliphatic rings. The number of nitro groups is 1. The lowest BCUT2D eigenvalue weighted by atomic mass is 9.95. The quantitative estimate of drug-likeness (QED) is 0.223. The van der Waals surface area contributed by atoms with Gasteiger partial charge in [-0.15, -0.1) is 0 Å². The summed E-state index contributed by atoms with van der Waals surface area (Å²) >= 11 is 22.8. The highest BCUT2D eigenvalue weighted by molar-refractivity contribution is 7.80. The summed E-state index contributed by atoms with van der Waals surface area (Å²) in [5.41, 5.74) is -0.252. The van der Waals surface area contributed by atoms with Crippen molar-refractivity contribution in [1.29, 1.82) is 0 Å². The van der Waals surface area contributed by atoms with Gasteiger partial charge >= 0.3 is 0 Å². The largest absolute Gasteiger partial charge is 0.339 e. The van der Waals surface area contributed by atoms with Gasteiger partial charge in [-0.3, -0.25) is 14.9 Å².